The van der Waals surface area contributed by atoms with E-state index in [2.05, 4.69) is 0 Å². The predicted octanol–water partition coefficient (Wildman–Crippen LogP) is 7.40. The van der Waals surface area contributed by atoms with Crippen LogP contribution in [0.2, 0.25) is 0 Å². The van der Waals surface area contributed by atoms with Crippen LogP contribution in [0.5, 0.6) is 5.75 Å². The molecule has 1 aromatic carbocycles. The van der Waals surface area contributed by atoms with E-state index in [1.54, 1.807) is 12.1 Å². The molecule has 2 fully saturated rings. The van der Waals surface area contributed by atoms with Gasteiger partial charge in [-0.1, -0.05) is 30.6 Å². The first-order valence-corrected chi connectivity index (χ1v) is 17.4. The molecule has 0 spiro atoms. The molecule has 12 heteroatoms. The van der Waals surface area contributed by atoms with Gasteiger partial charge in [0, 0.05) is 18.8 Å². The van der Waals surface area contributed by atoms with Crippen LogP contribution in [0.25, 0.3) is 0 Å². The fourth-order valence-electron chi connectivity index (χ4n) is 8.43. The molecular formula is C32H47F6NO4S. The Morgan fingerprint density at radius 1 is 1.02 bits per heavy atom. The van der Waals surface area contributed by atoms with Gasteiger partial charge in [0.15, 0.2) is 0 Å². The summed E-state index contributed by atoms with van der Waals surface area (Å²) in [6.07, 6.45) is -2.94. The molecule has 2 unspecified atom stereocenters. The first-order chi connectivity index (χ1) is 20.4. The molecule has 1 aromatic rings. The number of phenolic OH excluding ortho intramolecular Hbond substituents is 1. The number of rotatable bonds is 14. The lowest BCUT2D eigenvalue weighted by molar-refractivity contribution is -0.860. The minimum atomic E-state index is -5.61. The number of aromatic hydroxyl groups is 1. The fraction of sp³-hybridized carbons (Fsp3) is 0.812. The van der Waals surface area contributed by atoms with Gasteiger partial charge in [-0.3, -0.25) is 0 Å². The summed E-state index contributed by atoms with van der Waals surface area (Å²) in [6, 6.07) is 5.26. The highest BCUT2D eigenvalue weighted by Gasteiger charge is 2.60. The quantitative estimate of drug-likeness (QED) is 0.0719. The molecule has 0 aromatic heterocycles. The molecule has 0 saturated heterocycles. The Morgan fingerprint density at radius 3 is 2.41 bits per heavy atom. The van der Waals surface area contributed by atoms with Gasteiger partial charge >= 0.3 is 12.1 Å². The highest BCUT2D eigenvalue weighted by Crippen LogP contribution is 2.63. The normalized spacial score (nSPS) is 32.4. The van der Waals surface area contributed by atoms with E-state index in [1.165, 1.54) is 7.05 Å². The van der Waals surface area contributed by atoms with Crippen LogP contribution >= 0.6 is 0 Å². The number of halogens is 6. The molecule has 5 nitrogen and oxygen atoms in total. The molecule has 3 aliphatic rings. The van der Waals surface area contributed by atoms with Gasteiger partial charge in [0.25, 0.3) is 0 Å². The second-order valence-corrected chi connectivity index (χ2v) is 15.7. The van der Waals surface area contributed by atoms with Gasteiger partial charge in [-0.15, -0.1) is 0 Å². The van der Waals surface area contributed by atoms with Crippen molar-refractivity contribution in [1.82, 2.24) is 0 Å². The summed E-state index contributed by atoms with van der Waals surface area (Å²) < 4.78 is 90.2. The van der Waals surface area contributed by atoms with Crippen molar-refractivity contribution in [3.63, 3.8) is 0 Å². The standard InChI is InChI=1S/C32H47F6NO4S/c1-30-20-26(33)29-24-10-9-23(40)19-22(24)18-21(28(29)25(30)11-12-27(30)41)8-4-3-5-14-39(2,42)15-7-17-44(43)16-6-13-31(34,35)32(36,37)38/h9-10,19,21,25-29,40-41H,3-8,11-18,20H2,1-2H3/t21-,25+,26+,27+,28+,29+,30+,39?,44?/m1/s1. The molecule has 252 valence electrons. The van der Waals surface area contributed by atoms with Gasteiger partial charge < -0.3 is 24.6 Å². The summed E-state index contributed by atoms with van der Waals surface area (Å²) in [7, 11) is 1.53. The molecule has 0 amide bonds. The number of unbranched alkanes of at least 4 members (excludes halogenated alkanes) is 2. The third-order valence-electron chi connectivity index (χ3n) is 10.8. The summed E-state index contributed by atoms with van der Waals surface area (Å²) in [6.45, 7) is 2.56. The van der Waals surface area contributed by atoms with Gasteiger partial charge in [-0.05, 0) is 97.8 Å². The van der Waals surface area contributed by atoms with Crippen molar-refractivity contribution in [1.29, 1.82) is 0 Å². The number of fused-ring (bicyclic) bond motifs is 5. The van der Waals surface area contributed by atoms with Crippen LogP contribution < -0.4 is 0 Å². The second-order valence-electron chi connectivity index (χ2n) is 14.0. The molecule has 44 heavy (non-hydrogen) atoms. The topological polar surface area (TPSA) is 86.6 Å². The van der Waals surface area contributed by atoms with Crippen LogP contribution in [-0.2, 0) is 17.6 Å². The third kappa shape index (κ3) is 8.01. The molecule has 3 aliphatic carbocycles. The maximum atomic E-state index is 15.9. The number of aliphatic hydroxyl groups is 1. The maximum absolute atomic E-state index is 15.9. The molecule has 0 heterocycles. The van der Waals surface area contributed by atoms with E-state index < -0.39 is 58.5 Å². The van der Waals surface area contributed by atoms with E-state index in [0.29, 0.717) is 25.8 Å². The molecule has 2 N–H and O–H groups in total. The van der Waals surface area contributed by atoms with Gasteiger partial charge in [0.2, 0.25) is 0 Å². The number of phenols is 1. The van der Waals surface area contributed by atoms with Crippen molar-refractivity contribution >= 4 is 11.2 Å². The van der Waals surface area contributed by atoms with Crippen LogP contribution in [0.1, 0.15) is 88.2 Å². The molecule has 4 rings (SSSR count). The molecule has 0 aliphatic heterocycles. The van der Waals surface area contributed by atoms with E-state index in [1.807, 2.05) is 13.0 Å². The van der Waals surface area contributed by atoms with E-state index in [4.69, 9.17) is 0 Å². The second kappa shape index (κ2) is 13.9. The number of alkyl halides is 6. The highest BCUT2D eigenvalue weighted by atomic mass is 32.2. The zero-order chi connectivity index (χ0) is 32.5. The van der Waals surface area contributed by atoms with E-state index in [9.17, 15) is 41.9 Å². The number of quaternary nitrogens is 1. The van der Waals surface area contributed by atoms with Crippen LogP contribution in [0, 0.1) is 28.4 Å². The molecular weight excluding hydrogens is 608 g/mol. The number of hydroxylamine groups is 3. The van der Waals surface area contributed by atoms with E-state index in [-0.39, 0.29) is 53.9 Å². The van der Waals surface area contributed by atoms with Crippen molar-refractivity contribution in [3.8, 4) is 5.75 Å². The average Bonchev–Trinajstić information content (AvgIpc) is 3.20. The SMILES string of the molecule is C[C@]12C[C@H](F)[C@@H]3c4ccc(O)cc4C[C@@H](CCCCC[N+](C)([O-])CCC[S+]([O-])CCCC(F)(F)C(F)(F)F)[C@H]3[C@@H]1CC[C@@H]2O. The number of nitrogens with zero attached hydrogens (tertiary/aromatic N) is 1. The van der Waals surface area contributed by atoms with Crippen molar-refractivity contribution in [2.75, 3.05) is 31.6 Å². The summed E-state index contributed by atoms with van der Waals surface area (Å²) in [5.74, 6) is -4.49. The van der Waals surface area contributed by atoms with Gasteiger partial charge in [-0.2, -0.15) is 22.0 Å². The lowest BCUT2D eigenvalue weighted by atomic mass is 9.51. The fourth-order valence-corrected chi connectivity index (χ4v) is 9.56. The minimum absolute atomic E-state index is 0.0826. The van der Waals surface area contributed by atoms with Gasteiger partial charge in [0.05, 0.1) is 26.2 Å². The predicted molar refractivity (Wildman–Crippen MR) is 158 cm³/mol. The number of hydrogen-bond acceptors (Lipinski definition) is 4. The lowest BCUT2D eigenvalue weighted by Crippen LogP contribution is -2.51. The van der Waals surface area contributed by atoms with Crippen molar-refractivity contribution in [2.45, 2.75) is 108 Å². The smallest absolute Gasteiger partial charge is 0.453 e. The van der Waals surface area contributed by atoms with Crippen LogP contribution in [0.15, 0.2) is 18.2 Å². The van der Waals surface area contributed by atoms with E-state index >= 15 is 4.39 Å². The molecule has 9 atom stereocenters. The summed E-state index contributed by atoms with van der Waals surface area (Å²) in [5, 5.41) is 33.9. The third-order valence-corrected chi connectivity index (χ3v) is 12.2. The number of aliphatic hydroxyl groups excluding tert-OH is 1. The zero-order valence-corrected chi connectivity index (χ0v) is 26.5. The average molecular weight is 656 g/mol. The maximum Gasteiger partial charge on any atom is 0.453 e. The summed E-state index contributed by atoms with van der Waals surface area (Å²) >= 11 is -1.57. The Kier molecular flexibility index (Phi) is 11.2. The van der Waals surface area contributed by atoms with Crippen molar-refractivity contribution in [2.24, 2.45) is 23.2 Å². The van der Waals surface area contributed by atoms with Crippen molar-refractivity contribution in [3.05, 3.63) is 34.5 Å². The van der Waals surface area contributed by atoms with Crippen LogP contribution in [0.3, 0.4) is 0 Å². The van der Waals surface area contributed by atoms with E-state index in [0.717, 1.165) is 43.2 Å². The first-order valence-electron chi connectivity index (χ1n) is 15.9. The lowest BCUT2D eigenvalue weighted by Gasteiger charge is -2.54. The summed E-state index contributed by atoms with van der Waals surface area (Å²) in [5.41, 5.74) is 1.54. The Morgan fingerprint density at radius 2 is 1.70 bits per heavy atom. The summed E-state index contributed by atoms with van der Waals surface area (Å²) in [4.78, 5) is 0. The highest BCUT2D eigenvalue weighted by molar-refractivity contribution is 7.91. The number of hydrogen-bond donors (Lipinski definition) is 2. The largest absolute Gasteiger partial charge is 0.633 e. The van der Waals surface area contributed by atoms with Gasteiger partial charge in [-0.25, -0.2) is 4.39 Å². The Labute approximate surface area is 259 Å². The molecule has 0 bridgehead atoms. The van der Waals surface area contributed by atoms with Gasteiger partial charge in [0.1, 0.15) is 23.4 Å². The monoisotopic (exact) mass is 655 g/mol. The molecule has 0 radical (unpaired) electrons. The first kappa shape index (κ1) is 35.6. The zero-order valence-electron chi connectivity index (χ0n) is 25.6. The Balaban J connectivity index is 1.23. The van der Waals surface area contributed by atoms with Crippen LogP contribution in [-0.4, -0.2) is 75.4 Å². The minimum Gasteiger partial charge on any atom is -0.633 e. The van der Waals surface area contributed by atoms with Crippen LogP contribution in [0.4, 0.5) is 26.3 Å². The molecule has 2 saturated carbocycles. The Hall–Kier alpha value is -1.21. The van der Waals surface area contributed by atoms with Crippen molar-refractivity contribution < 1.29 is 45.8 Å². The Bertz CT molecular complexity index is 1110. The number of benzene rings is 1.